The van der Waals surface area contributed by atoms with E-state index in [4.69, 9.17) is 10.5 Å². The molecule has 0 amide bonds. The van der Waals surface area contributed by atoms with Gasteiger partial charge in [0.05, 0.1) is 11.5 Å². The van der Waals surface area contributed by atoms with E-state index in [-0.39, 0.29) is 12.2 Å². The molecule has 0 saturated carbocycles. The number of non-ortho nitro benzene ring substituents is 1. The first kappa shape index (κ1) is 13.2. The summed E-state index contributed by atoms with van der Waals surface area (Å²) in [6.45, 7) is 6.40. The molecule has 0 saturated heterocycles. The van der Waals surface area contributed by atoms with Crippen molar-refractivity contribution in [1.82, 2.24) is 0 Å². The lowest BCUT2D eigenvalue weighted by Gasteiger charge is -2.10. The van der Waals surface area contributed by atoms with Crippen LogP contribution in [-0.4, -0.2) is 11.5 Å². The maximum absolute atomic E-state index is 10.6. The Bertz CT molecular complexity index is 430. The van der Waals surface area contributed by atoms with Crippen LogP contribution >= 0.6 is 0 Å². The standard InChI is InChI=1S/C12H16N2O3/c1-9(2)5-6-17-12-4-3-11(14(15)16)7-10(12)8-13/h3-4,7H,1,5-6,8,13H2,2H3. The number of hydrogen-bond donors (Lipinski definition) is 1. The maximum Gasteiger partial charge on any atom is 0.270 e. The molecule has 0 aliphatic rings. The summed E-state index contributed by atoms with van der Waals surface area (Å²) >= 11 is 0. The Balaban J connectivity index is 2.78. The van der Waals surface area contributed by atoms with Gasteiger partial charge in [-0.1, -0.05) is 5.57 Å². The predicted molar refractivity (Wildman–Crippen MR) is 65.9 cm³/mol. The highest BCUT2D eigenvalue weighted by molar-refractivity contribution is 5.43. The van der Waals surface area contributed by atoms with Gasteiger partial charge in [-0.2, -0.15) is 0 Å². The minimum atomic E-state index is -0.448. The lowest BCUT2D eigenvalue weighted by Crippen LogP contribution is -2.04. The maximum atomic E-state index is 10.6. The summed E-state index contributed by atoms with van der Waals surface area (Å²) in [6.07, 6.45) is 0.751. The minimum Gasteiger partial charge on any atom is -0.493 e. The second-order valence-corrected chi connectivity index (χ2v) is 3.81. The van der Waals surface area contributed by atoms with E-state index in [2.05, 4.69) is 6.58 Å². The summed E-state index contributed by atoms with van der Waals surface area (Å²) in [5.74, 6) is 0.597. The zero-order valence-corrected chi connectivity index (χ0v) is 9.81. The molecule has 17 heavy (non-hydrogen) atoms. The van der Waals surface area contributed by atoms with Crippen LogP contribution < -0.4 is 10.5 Å². The van der Waals surface area contributed by atoms with Crippen LogP contribution in [0.1, 0.15) is 18.9 Å². The normalized spacial score (nSPS) is 10.0. The van der Waals surface area contributed by atoms with Crippen molar-refractivity contribution < 1.29 is 9.66 Å². The minimum absolute atomic E-state index is 0.0256. The van der Waals surface area contributed by atoms with E-state index in [0.29, 0.717) is 17.9 Å². The van der Waals surface area contributed by atoms with Crippen LogP contribution in [-0.2, 0) is 6.54 Å². The lowest BCUT2D eigenvalue weighted by molar-refractivity contribution is -0.384. The van der Waals surface area contributed by atoms with Crippen LogP contribution in [0.5, 0.6) is 5.75 Å². The number of ether oxygens (including phenoxy) is 1. The van der Waals surface area contributed by atoms with Crippen LogP contribution in [0, 0.1) is 10.1 Å². The van der Waals surface area contributed by atoms with Crippen molar-refractivity contribution in [2.24, 2.45) is 5.73 Å². The fourth-order valence-corrected chi connectivity index (χ4v) is 1.31. The molecule has 0 fully saturated rings. The quantitative estimate of drug-likeness (QED) is 0.467. The van der Waals surface area contributed by atoms with Crippen LogP contribution in [0.3, 0.4) is 0 Å². The van der Waals surface area contributed by atoms with Gasteiger partial charge >= 0.3 is 0 Å². The third-order valence-electron chi connectivity index (χ3n) is 2.26. The molecule has 1 rings (SSSR count). The molecule has 0 aromatic heterocycles. The van der Waals surface area contributed by atoms with Gasteiger partial charge < -0.3 is 10.5 Å². The smallest absolute Gasteiger partial charge is 0.270 e. The van der Waals surface area contributed by atoms with Gasteiger partial charge in [0.1, 0.15) is 5.75 Å². The Labute approximate surface area is 100 Å². The summed E-state index contributed by atoms with van der Waals surface area (Å²) in [7, 11) is 0. The van der Waals surface area contributed by atoms with Gasteiger partial charge in [0.25, 0.3) is 5.69 Å². The monoisotopic (exact) mass is 236 g/mol. The Morgan fingerprint density at radius 3 is 2.82 bits per heavy atom. The molecule has 0 radical (unpaired) electrons. The number of nitrogens with zero attached hydrogens (tertiary/aromatic N) is 1. The second-order valence-electron chi connectivity index (χ2n) is 3.81. The number of benzene rings is 1. The summed E-state index contributed by atoms with van der Waals surface area (Å²) < 4.78 is 5.51. The van der Waals surface area contributed by atoms with E-state index in [9.17, 15) is 10.1 Å². The van der Waals surface area contributed by atoms with Gasteiger partial charge in [0.2, 0.25) is 0 Å². The number of rotatable bonds is 6. The molecule has 1 aromatic rings. The van der Waals surface area contributed by atoms with Crippen LogP contribution in [0.4, 0.5) is 5.69 Å². The van der Waals surface area contributed by atoms with Crippen molar-refractivity contribution in [1.29, 1.82) is 0 Å². The van der Waals surface area contributed by atoms with E-state index < -0.39 is 4.92 Å². The molecule has 92 valence electrons. The predicted octanol–water partition coefficient (Wildman–Crippen LogP) is 2.40. The summed E-state index contributed by atoms with van der Waals surface area (Å²) in [6, 6.07) is 4.43. The molecular formula is C12H16N2O3. The SMILES string of the molecule is C=C(C)CCOc1ccc([N+](=O)[O-])cc1CN. The third kappa shape index (κ3) is 3.88. The molecule has 0 heterocycles. The Morgan fingerprint density at radius 2 is 2.29 bits per heavy atom. The zero-order valence-electron chi connectivity index (χ0n) is 9.81. The Kier molecular flexibility index (Phi) is 4.66. The zero-order chi connectivity index (χ0) is 12.8. The summed E-state index contributed by atoms with van der Waals surface area (Å²) in [5.41, 5.74) is 7.23. The van der Waals surface area contributed by atoms with Crippen LogP contribution in [0.15, 0.2) is 30.4 Å². The molecule has 1 aromatic carbocycles. The first-order chi connectivity index (χ1) is 8.04. The van der Waals surface area contributed by atoms with Gasteiger partial charge in [-0.25, -0.2) is 0 Å². The molecule has 0 spiro atoms. The fourth-order valence-electron chi connectivity index (χ4n) is 1.31. The van der Waals surface area contributed by atoms with Crippen molar-refractivity contribution >= 4 is 5.69 Å². The molecule has 0 aliphatic heterocycles. The topological polar surface area (TPSA) is 78.4 Å². The van der Waals surface area contributed by atoms with Gasteiger partial charge in [0, 0.05) is 30.7 Å². The molecule has 5 nitrogen and oxygen atoms in total. The highest BCUT2D eigenvalue weighted by atomic mass is 16.6. The second kappa shape index (κ2) is 6.00. The molecule has 2 N–H and O–H groups in total. The average Bonchev–Trinajstić information content (AvgIpc) is 2.28. The van der Waals surface area contributed by atoms with Crippen molar-refractivity contribution in [2.75, 3.05) is 6.61 Å². The Hall–Kier alpha value is -1.88. The van der Waals surface area contributed by atoms with Crippen molar-refractivity contribution in [3.63, 3.8) is 0 Å². The first-order valence-corrected chi connectivity index (χ1v) is 5.29. The molecule has 0 unspecified atom stereocenters. The first-order valence-electron chi connectivity index (χ1n) is 5.29. The van der Waals surface area contributed by atoms with E-state index in [1.165, 1.54) is 12.1 Å². The molecular weight excluding hydrogens is 220 g/mol. The summed E-state index contributed by atoms with van der Waals surface area (Å²) in [4.78, 5) is 10.1. The van der Waals surface area contributed by atoms with Crippen molar-refractivity contribution in [2.45, 2.75) is 19.9 Å². The molecule has 0 atom stereocenters. The highest BCUT2D eigenvalue weighted by Crippen LogP contribution is 2.24. The molecule has 5 heteroatoms. The van der Waals surface area contributed by atoms with Gasteiger partial charge in [-0.15, -0.1) is 6.58 Å². The third-order valence-corrected chi connectivity index (χ3v) is 2.26. The average molecular weight is 236 g/mol. The molecule has 0 bridgehead atoms. The van der Waals surface area contributed by atoms with Gasteiger partial charge in [-0.05, 0) is 13.0 Å². The number of hydrogen-bond acceptors (Lipinski definition) is 4. The van der Waals surface area contributed by atoms with Crippen LogP contribution in [0.25, 0.3) is 0 Å². The Morgan fingerprint density at radius 1 is 1.59 bits per heavy atom. The van der Waals surface area contributed by atoms with Crippen molar-refractivity contribution in [3.8, 4) is 5.75 Å². The fraction of sp³-hybridized carbons (Fsp3) is 0.333. The van der Waals surface area contributed by atoms with E-state index in [0.717, 1.165) is 12.0 Å². The van der Waals surface area contributed by atoms with E-state index in [1.807, 2.05) is 6.92 Å². The summed E-state index contributed by atoms with van der Waals surface area (Å²) in [5, 5.41) is 10.6. The molecule has 0 aliphatic carbocycles. The van der Waals surface area contributed by atoms with E-state index in [1.54, 1.807) is 6.07 Å². The number of nitrogens with two attached hydrogens (primary N) is 1. The lowest BCUT2D eigenvalue weighted by atomic mass is 10.2. The van der Waals surface area contributed by atoms with Gasteiger partial charge in [-0.3, -0.25) is 10.1 Å². The highest BCUT2D eigenvalue weighted by Gasteiger charge is 2.10. The van der Waals surface area contributed by atoms with Crippen LogP contribution in [0.2, 0.25) is 0 Å². The van der Waals surface area contributed by atoms with Gasteiger partial charge in [0.15, 0.2) is 0 Å². The largest absolute Gasteiger partial charge is 0.493 e. The number of nitro groups is 1. The van der Waals surface area contributed by atoms with Crippen molar-refractivity contribution in [3.05, 3.63) is 46.0 Å². The number of nitro benzene ring substituents is 1. The van der Waals surface area contributed by atoms with E-state index >= 15 is 0 Å².